The Labute approximate surface area is 661 Å². The lowest BCUT2D eigenvalue weighted by Crippen LogP contribution is -2.50. The summed E-state index contributed by atoms with van der Waals surface area (Å²) in [7, 11) is 0. The fourth-order valence-electron chi connectivity index (χ4n) is 13.1. The summed E-state index contributed by atoms with van der Waals surface area (Å²) in [6.07, 6.45) is 2.00. The Balaban J connectivity index is 0.850. The van der Waals surface area contributed by atoms with Gasteiger partial charge in [0, 0.05) is 142 Å². The van der Waals surface area contributed by atoms with Gasteiger partial charge in [0.15, 0.2) is 0 Å². The van der Waals surface area contributed by atoms with Gasteiger partial charge in [-0.1, -0.05) is 97.1 Å². The molecule has 4 N–H and O–H groups in total. The minimum absolute atomic E-state index is 0.00320. The fourth-order valence-corrected chi connectivity index (χ4v) is 13.1. The number of ketones is 2. The van der Waals surface area contributed by atoms with E-state index in [1.54, 1.807) is 20.8 Å². The summed E-state index contributed by atoms with van der Waals surface area (Å²) in [6, 6.07) is 32.8. The van der Waals surface area contributed by atoms with Crippen molar-refractivity contribution in [3.05, 3.63) is 119 Å². The molecule has 0 bridgehead atoms. The van der Waals surface area contributed by atoms with Gasteiger partial charge in [0.05, 0.1) is 105 Å². The third kappa shape index (κ3) is 37.0. The molecule has 28 heteroatoms. The highest BCUT2D eigenvalue weighted by Crippen LogP contribution is 2.46. The number of hydrogen-bond donors (Lipinski definition) is 4. The fraction of sp³-hybridized carbons (Fsp3) is 0.619. The van der Waals surface area contributed by atoms with Gasteiger partial charge in [0.25, 0.3) is 0 Å². The van der Waals surface area contributed by atoms with Crippen LogP contribution in [0.2, 0.25) is 0 Å². The van der Waals surface area contributed by atoms with E-state index < -0.39 is 23.4 Å². The van der Waals surface area contributed by atoms with Gasteiger partial charge in [-0.25, -0.2) is 9.59 Å². The topological polar surface area (TPSA) is 308 Å². The molecule has 1 saturated heterocycles. The van der Waals surface area contributed by atoms with E-state index >= 15 is 0 Å². The minimum atomic E-state index is -0.603. The molecule has 28 nitrogen and oxygen atoms in total. The summed E-state index contributed by atoms with van der Waals surface area (Å²) in [5, 5.41) is 11.4. The number of esters is 2. The Morgan fingerprint density at radius 3 is 0.955 bits per heavy atom. The molecule has 2 aliphatic carbocycles. The van der Waals surface area contributed by atoms with Crippen LogP contribution in [0.3, 0.4) is 0 Å². The Morgan fingerprint density at radius 2 is 0.607 bits per heavy atom. The molecular weight excluding hydrogens is 1440 g/mol. The Morgan fingerprint density at radius 1 is 0.321 bits per heavy atom. The largest absolute Gasteiger partial charge is 0.465 e. The zero-order valence-corrected chi connectivity index (χ0v) is 67.0. The molecule has 3 aliphatic rings. The van der Waals surface area contributed by atoms with Gasteiger partial charge < -0.3 is 78.1 Å². The number of carbonyl (C=O) groups excluding carboxylic acids is 8. The number of carbonyl (C=O) groups is 8. The van der Waals surface area contributed by atoms with Crippen LogP contribution in [0.25, 0.3) is 22.3 Å². The maximum atomic E-state index is 13.8. The van der Waals surface area contributed by atoms with Crippen molar-refractivity contribution < 1.29 is 95.2 Å². The van der Waals surface area contributed by atoms with Gasteiger partial charge in [-0.2, -0.15) is 0 Å². The summed E-state index contributed by atoms with van der Waals surface area (Å²) < 4.78 is 67.8. The molecular formula is C84H124N8O20. The number of hydrogen-bond acceptors (Lipinski definition) is 24. The summed E-state index contributed by atoms with van der Waals surface area (Å²) in [5.74, 6) is -0.993. The Kier molecular flexibility index (Phi) is 42.3. The normalized spacial score (nSPS) is 14.6. The standard InChI is InChI=1S/C84H124N8O20/c1-83(2,3)111-80(98)30-18-46-104-54-56-106-48-32-86-78(96)62-92-40-37-89(59-65(93)19-15-43-101-51-57-107-49-33-87-81(99)110-64-76-73-27-13-9-23-69(73)70-24-10-14-28-74(70)76)35-36-90(60-66(94)20-16-44-102-52-58-108-50-34-88-82(100)112-84(4,5)6)38-39-91(41-42-92)61-77(95)85-31-47-105-55-53-103-45-17-29-79(97)109-63-75-71-25-11-7-21-67(71)68-22-8-12-26-72(68)75/h7-14,21-28,75-76H,15-20,29-64H2,1-6H3,(H,85,95)(H,86,96)(H,87,99)(H,88,100). The molecule has 0 aromatic heterocycles. The van der Waals surface area contributed by atoms with Crippen molar-refractivity contribution in [2.75, 3.05) is 224 Å². The van der Waals surface area contributed by atoms with Crippen molar-refractivity contribution in [2.45, 2.75) is 116 Å². The second-order valence-corrected chi connectivity index (χ2v) is 29.9. The minimum Gasteiger partial charge on any atom is -0.465 e. The maximum Gasteiger partial charge on any atom is 0.407 e. The molecule has 4 aromatic rings. The quantitative estimate of drug-likeness (QED) is 0.0188. The third-order valence-corrected chi connectivity index (χ3v) is 18.5. The molecule has 620 valence electrons. The van der Waals surface area contributed by atoms with Gasteiger partial charge in [0.1, 0.15) is 36.0 Å². The number of ether oxygens (including phenoxy) is 12. The van der Waals surface area contributed by atoms with Crippen LogP contribution in [0.1, 0.15) is 127 Å². The Hall–Kier alpha value is -7.84. The van der Waals surface area contributed by atoms with E-state index in [1.165, 1.54) is 11.1 Å². The van der Waals surface area contributed by atoms with Gasteiger partial charge in [-0.3, -0.25) is 48.4 Å². The zero-order valence-electron chi connectivity index (χ0n) is 67.0. The van der Waals surface area contributed by atoms with Crippen LogP contribution in [0.5, 0.6) is 0 Å². The molecule has 0 atom stereocenters. The molecule has 0 radical (unpaired) electrons. The average Bonchev–Trinajstić information content (AvgIpc) is 1.62. The third-order valence-electron chi connectivity index (χ3n) is 18.5. The molecule has 1 fully saturated rings. The molecule has 4 amide bonds. The van der Waals surface area contributed by atoms with E-state index in [4.69, 9.17) is 56.8 Å². The smallest absolute Gasteiger partial charge is 0.407 e. The number of rotatable bonds is 52. The number of nitrogens with one attached hydrogen (secondary N) is 4. The number of nitrogens with zero attached hydrogens (tertiary/aromatic N) is 4. The van der Waals surface area contributed by atoms with Crippen molar-refractivity contribution >= 4 is 47.5 Å². The Bertz CT molecular complexity index is 3150. The zero-order chi connectivity index (χ0) is 80.0. The van der Waals surface area contributed by atoms with E-state index in [9.17, 15) is 38.4 Å². The molecule has 0 saturated carbocycles. The van der Waals surface area contributed by atoms with E-state index in [0.29, 0.717) is 157 Å². The predicted molar refractivity (Wildman–Crippen MR) is 423 cm³/mol. The van der Waals surface area contributed by atoms with Crippen LogP contribution in [-0.2, 0) is 85.6 Å². The lowest BCUT2D eigenvalue weighted by Gasteiger charge is -2.33. The number of fused-ring (bicyclic) bond motifs is 6. The van der Waals surface area contributed by atoms with E-state index in [0.717, 1.165) is 33.4 Å². The molecule has 112 heavy (non-hydrogen) atoms. The highest BCUT2D eigenvalue weighted by atomic mass is 16.6. The monoisotopic (exact) mass is 1560 g/mol. The maximum absolute atomic E-state index is 13.8. The number of Topliss-reactive ketones (excluding diaryl/α,β-unsaturated/α-hetero) is 2. The molecule has 0 unspecified atom stereocenters. The highest BCUT2D eigenvalue weighted by molar-refractivity contribution is 5.82. The van der Waals surface area contributed by atoms with Crippen molar-refractivity contribution in [1.29, 1.82) is 0 Å². The van der Waals surface area contributed by atoms with Crippen LogP contribution >= 0.6 is 0 Å². The lowest BCUT2D eigenvalue weighted by atomic mass is 9.98. The SMILES string of the molecule is CC(C)(C)OC(=O)CCCOCCOCCNC(=O)CN1CCN(CC(=O)CCCOCCOCCNC(=O)OCC2c3ccccc3-c3ccccc32)CCN(CC(=O)CCCOCCOCCNC(=O)OC(C)(C)C)CCN(CC(=O)NCCOCCOCCCC(=O)OCC2c3ccccc3-c3ccccc32)CC1. The molecule has 0 spiro atoms. The van der Waals surface area contributed by atoms with Crippen molar-refractivity contribution in [3.8, 4) is 22.3 Å². The van der Waals surface area contributed by atoms with Crippen LogP contribution < -0.4 is 21.3 Å². The first-order valence-corrected chi connectivity index (χ1v) is 39.9. The summed E-state index contributed by atoms with van der Waals surface area (Å²) in [4.78, 5) is 113. The second-order valence-electron chi connectivity index (χ2n) is 29.9. The first-order chi connectivity index (χ1) is 54.2. The average molecular weight is 1570 g/mol. The summed E-state index contributed by atoms with van der Waals surface area (Å²) in [6.45, 7) is 21.1. The van der Waals surface area contributed by atoms with Crippen LogP contribution in [0.15, 0.2) is 97.1 Å². The highest BCUT2D eigenvalue weighted by Gasteiger charge is 2.31. The number of amides is 4. The number of alkyl carbamates (subject to hydrolysis) is 2. The van der Waals surface area contributed by atoms with Crippen LogP contribution in [0.4, 0.5) is 9.59 Å². The van der Waals surface area contributed by atoms with Gasteiger partial charge in [-0.05, 0) is 112 Å². The summed E-state index contributed by atoms with van der Waals surface area (Å²) in [5.41, 5.74) is 8.12. The van der Waals surface area contributed by atoms with Crippen molar-refractivity contribution in [3.63, 3.8) is 0 Å². The van der Waals surface area contributed by atoms with Crippen LogP contribution in [-0.4, -0.2) is 302 Å². The van der Waals surface area contributed by atoms with Gasteiger partial charge >= 0.3 is 24.1 Å². The van der Waals surface area contributed by atoms with E-state index in [1.807, 2.05) is 79.1 Å². The van der Waals surface area contributed by atoms with Gasteiger partial charge in [-0.15, -0.1) is 0 Å². The van der Waals surface area contributed by atoms with Crippen molar-refractivity contribution in [1.82, 2.24) is 40.9 Å². The summed E-state index contributed by atoms with van der Waals surface area (Å²) >= 11 is 0. The van der Waals surface area contributed by atoms with E-state index in [2.05, 4.69) is 79.6 Å². The van der Waals surface area contributed by atoms with E-state index in [-0.39, 0.29) is 165 Å². The molecule has 1 aliphatic heterocycles. The molecule has 7 rings (SSSR count). The van der Waals surface area contributed by atoms with Gasteiger partial charge in [0.2, 0.25) is 11.8 Å². The molecule has 1 heterocycles. The first kappa shape index (κ1) is 91.3. The molecule has 4 aromatic carbocycles. The predicted octanol–water partition coefficient (Wildman–Crippen LogP) is 7.59. The number of benzene rings is 4. The van der Waals surface area contributed by atoms with Crippen LogP contribution in [0, 0.1) is 0 Å². The lowest BCUT2D eigenvalue weighted by molar-refractivity contribution is -0.155. The van der Waals surface area contributed by atoms with Crippen molar-refractivity contribution in [2.24, 2.45) is 0 Å². The first-order valence-electron chi connectivity index (χ1n) is 39.9. The second kappa shape index (κ2) is 51.8.